The number of rotatable bonds is 7. The van der Waals surface area contributed by atoms with Crippen LogP contribution in [0.25, 0.3) is 11.1 Å². The molecule has 0 unspecified atom stereocenters. The summed E-state index contributed by atoms with van der Waals surface area (Å²) in [6.45, 7) is 2.99. The Kier molecular flexibility index (Phi) is 8.25. The van der Waals surface area contributed by atoms with Crippen molar-refractivity contribution in [1.82, 2.24) is 15.3 Å². The van der Waals surface area contributed by atoms with Gasteiger partial charge in [0.15, 0.2) is 16.8 Å². The second-order valence-corrected chi connectivity index (χ2v) is 11.8. The molecule has 2 fully saturated rings. The molecule has 1 aliphatic heterocycles. The van der Waals surface area contributed by atoms with Gasteiger partial charge in [-0.3, -0.25) is 4.79 Å². The Morgan fingerprint density at radius 2 is 1.80 bits per heavy atom. The smallest absolute Gasteiger partial charge is 0.544 e. The van der Waals surface area contributed by atoms with Crippen LogP contribution < -0.4 is 34.2 Å². The van der Waals surface area contributed by atoms with Gasteiger partial charge in [-0.25, -0.2) is 13.8 Å². The number of carbonyl (C=O) groups excluding carboxylic acids is 2. The monoisotopic (exact) mass is 608 g/mol. The van der Waals surface area contributed by atoms with Gasteiger partial charge in [0.2, 0.25) is 0 Å². The van der Waals surface area contributed by atoms with E-state index >= 15 is 0 Å². The molecule has 7 nitrogen and oxygen atoms in total. The molecule has 6 rings (SSSR count). The molecule has 4 aromatic rings. The standard InChI is InChI=1S/C28H22Cl2F2N4O3S.Li/c1-12-21(29)22(30)24(33-12)26(37)35-23-16-10-36(11-17(16)23)28-34-20(25(40-28)27(38)39)8-13-3-2-4-14(7-13)15-5-6-18(31)19(32)9-15;/h2-7,9,16-17,23,33H,8,10-11H2,1H3,(H,35,37)(H,38,39);/q;+1/p-1/t16-,17+,23-;. The number of benzene rings is 2. The molecule has 13 heteroatoms. The number of carbonyl (C=O) groups is 2. The van der Waals surface area contributed by atoms with E-state index in [0.717, 1.165) is 29.0 Å². The van der Waals surface area contributed by atoms with Gasteiger partial charge in [-0.15, -0.1) is 0 Å². The molecule has 3 atom stereocenters. The maximum Gasteiger partial charge on any atom is 1.00 e. The van der Waals surface area contributed by atoms with Crippen LogP contribution in [0.5, 0.6) is 0 Å². The normalized spacial score (nSPS) is 19.0. The first-order valence-corrected chi connectivity index (χ1v) is 14.0. The largest absolute Gasteiger partial charge is 1.00 e. The maximum atomic E-state index is 13.7. The van der Waals surface area contributed by atoms with Gasteiger partial charge in [0.25, 0.3) is 5.91 Å². The number of H-pyrrole nitrogens is 1. The zero-order valence-corrected chi connectivity index (χ0v) is 24.3. The molecule has 1 aliphatic carbocycles. The number of thiazole rings is 1. The molecule has 41 heavy (non-hydrogen) atoms. The zero-order chi connectivity index (χ0) is 28.3. The number of aromatic nitrogens is 2. The number of anilines is 1. The van der Waals surface area contributed by atoms with Crippen LogP contribution in [0.2, 0.25) is 10.0 Å². The number of amides is 1. The van der Waals surface area contributed by atoms with Crippen molar-refractivity contribution in [2.75, 3.05) is 18.0 Å². The van der Waals surface area contributed by atoms with E-state index in [1.807, 2.05) is 11.0 Å². The molecule has 206 valence electrons. The van der Waals surface area contributed by atoms with Crippen LogP contribution in [-0.2, 0) is 6.42 Å². The Balaban J connectivity index is 0.00000337. The first-order valence-electron chi connectivity index (χ1n) is 12.5. The number of fused-ring (bicyclic) bond motifs is 1. The van der Waals surface area contributed by atoms with E-state index in [0.29, 0.717) is 45.8 Å². The fourth-order valence-corrected chi connectivity index (χ4v) is 6.68. The molecule has 1 saturated heterocycles. The molecule has 2 N–H and O–H groups in total. The fourth-order valence-electron chi connectivity index (χ4n) is 5.33. The molecule has 2 aromatic carbocycles. The average molecular weight is 609 g/mol. The number of carboxylic acid groups (broad SMARTS) is 1. The molecule has 1 saturated carbocycles. The SMILES string of the molecule is Cc1[nH]c(C(=O)N[C@@H]2[C@@H]3CN(c4nc(Cc5cccc(-c6ccc(F)c(F)c6)c5)c(C(=O)[O-])s4)C[C@@H]32)c(Cl)c1Cl.[Li+]. The van der Waals surface area contributed by atoms with E-state index in [-0.39, 0.29) is 64.7 Å². The van der Waals surface area contributed by atoms with Crippen molar-refractivity contribution in [2.24, 2.45) is 11.8 Å². The second kappa shape index (κ2) is 11.4. The first kappa shape index (κ1) is 29.6. The summed E-state index contributed by atoms with van der Waals surface area (Å²) in [5.41, 5.74) is 3.19. The van der Waals surface area contributed by atoms with Crippen molar-refractivity contribution >= 4 is 51.5 Å². The van der Waals surface area contributed by atoms with Gasteiger partial charge in [0, 0.05) is 43.1 Å². The molecule has 2 aromatic heterocycles. The Bertz CT molecular complexity index is 1670. The molecule has 0 spiro atoms. The van der Waals surface area contributed by atoms with Gasteiger partial charge >= 0.3 is 18.9 Å². The number of nitrogens with zero attached hydrogens (tertiary/aromatic N) is 2. The van der Waals surface area contributed by atoms with Crippen molar-refractivity contribution in [3.63, 3.8) is 0 Å². The number of aryl methyl sites for hydroxylation is 1. The summed E-state index contributed by atoms with van der Waals surface area (Å²) >= 11 is 13.3. The van der Waals surface area contributed by atoms with E-state index in [2.05, 4.69) is 15.3 Å². The Morgan fingerprint density at radius 1 is 1.10 bits per heavy atom. The van der Waals surface area contributed by atoms with Gasteiger partial charge in [0.05, 0.1) is 26.6 Å². The number of nitrogens with one attached hydrogen (secondary N) is 2. The van der Waals surface area contributed by atoms with Gasteiger partial charge in [0.1, 0.15) is 5.69 Å². The van der Waals surface area contributed by atoms with Crippen molar-refractivity contribution in [2.45, 2.75) is 19.4 Å². The number of piperidine rings is 1. The second-order valence-electron chi connectivity index (χ2n) is 10.1. The minimum absolute atomic E-state index is 0. The molecule has 0 radical (unpaired) electrons. The van der Waals surface area contributed by atoms with Crippen molar-refractivity contribution < 1.29 is 42.3 Å². The summed E-state index contributed by atoms with van der Waals surface area (Å²) in [5, 5.41) is 16.0. The molecular weight excluding hydrogens is 588 g/mol. The Hall–Kier alpha value is -2.87. The molecule has 2 aliphatic rings. The van der Waals surface area contributed by atoms with E-state index in [1.54, 1.807) is 25.1 Å². The van der Waals surface area contributed by atoms with E-state index in [4.69, 9.17) is 23.2 Å². The summed E-state index contributed by atoms with van der Waals surface area (Å²) in [6, 6.07) is 10.8. The maximum absolute atomic E-state index is 13.7. The minimum Gasteiger partial charge on any atom is -0.544 e. The zero-order valence-electron chi connectivity index (χ0n) is 21.9. The van der Waals surface area contributed by atoms with E-state index < -0.39 is 17.6 Å². The third-order valence-corrected chi connectivity index (χ3v) is 9.55. The van der Waals surface area contributed by atoms with Crippen LogP contribution >= 0.6 is 34.5 Å². The van der Waals surface area contributed by atoms with Crippen LogP contribution in [0.3, 0.4) is 0 Å². The van der Waals surface area contributed by atoms with Crippen LogP contribution in [0.15, 0.2) is 42.5 Å². The third-order valence-electron chi connectivity index (χ3n) is 7.47. The number of halogens is 4. The van der Waals surface area contributed by atoms with Crippen molar-refractivity contribution in [3.8, 4) is 11.1 Å². The molecule has 1 amide bonds. The predicted molar refractivity (Wildman–Crippen MR) is 147 cm³/mol. The topological polar surface area (TPSA) is 101 Å². The van der Waals surface area contributed by atoms with Gasteiger partial charge in [-0.2, -0.15) is 0 Å². The summed E-state index contributed by atoms with van der Waals surface area (Å²) in [6.07, 6.45) is 0.232. The van der Waals surface area contributed by atoms with Gasteiger partial charge in [-0.1, -0.05) is 64.9 Å². The molecule has 3 heterocycles. The van der Waals surface area contributed by atoms with E-state index in [9.17, 15) is 23.5 Å². The van der Waals surface area contributed by atoms with Crippen LogP contribution in [0.4, 0.5) is 13.9 Å². The predicted octanol–water partition coefficient (Wildman–Crippen LogP) is 1.85. The minimum atomic E-state index is -1.30. The first-order chi connectivity index (χ1) is 19.1. The molecular formula is C28H21Cl2F2LiN4O3S. The summed E-state index contributed by atoms with van der Waals surface area (Å²) in [5.74, 6) is -3.06. The van der Waals surface area contributed by atoms with Crippen LogP contribution in [0, 0.1) is 30.4 Å². The average Bonchev–Trinajstić information content (AvgIpc) is 3.28. The number of hydrogen-bond acceptors (Lipinski definition) is 6. The molecule has 0 bridgehead atoms. The summed E-state index contributed by atoms with van der Waals surface area (Å²) < 4.78 is 27.1. The summed E-state index contributed by atoms with van der Waals surface area (Å²) in [7, 11) is 0. The van der Waals surface area contributed by atoms with Crippen LogP contribution in [-0.4, -0.2) is 41.0 Å². The third kappa shape index (κ3) is 5.64. The fraction of sp³-hybridized carbons (Fsp3) is 0.250. The van der Waals surface area contributed by atoms with Gasteiger partial charge < -0.3 is 25.1 Å². The van der Waals surface area contributed by atoms with Gasteiger partial charge in [-0.05, 0) is 35.7 Å². The number of aromatic amines is 1. The number of carboxylic acids is 1. The number of hydrogen-bond donors (Lipinski definition) is 2. The number of aromatic carboxylic acids is 1. The van der Waals surface area contributed by atoms with E-state index in [1.165, 1.54) is 6.07 Å². The quantitative estimate of drug-likeness (QED) is 0.312. The summed E-state index contributed by atoms with van der Waals surface area (Å²) in [4.78, 5) is 34.2. The van der Waals surface area contributed by atoms with Crippen LogP contribution in [0.1, 0.15) is 37.1 Å². The van der Waals surface area contributed by atoms with Crippen molar-refractivity contribution in [1.29, 1.82) is 0 Å². The Labute approximate surface area is 260 Å². The van der Waals surface area contributed by atoms with Crippen molar-refractivity contribution in [3.05, 3.63) is 91.7 Å². The Morgan fingerprint density at radius 3 is 2.44 bits per heavy atom.